The van der Waals surface area contributed by atoms with Crippen molar-refractivity contribution in [1.82, 2.24) is 0 Å². The highest BCUT2D eigenvalue weighted by molar-refractivity contribution is 9.10. The van der Waals surface area contributed by atoms with Crippen molar-refractivity contribution >= 4 is 23.3 Å². The minimum atomic E-state index is -1.19. The maximum Gasteiger partial charge on any atom is 0.0964 e. The Kier molecular flexibility index (Phi) is 2.20. The van der Waals surface area contributed by atoms with Crippen LogP contribution in [0.4, 0.5) is 0 Å². The maximum atomic E-state index is 6.58. The lowest BCUT2D eigenvalue weighted by Gasteiger charge is -2.60. The van der Waals surface area contributed by atoms with Gasteiger partial charge in [-0.15, -0.1) is 0 Å². The van der Waals surface area contributed by atoms with Crippen molar-refractivity contribution in [3.8, 4) is 0 Å². The van der Waals surface area contributed by atoms with Gasteiger partial charge in [0.2, 0.25) is 0 Å². The van der Waals surface area contributed by atoms with E-state index in [1.807, 2.05) is 0 Å². The second-order valence-corrected chi connectivity index (χ2v) is 12.6. The smallest absolute Gasteiger partial charge is 0.0964 e. The predicted molar refractivity (Wildman–Crippen MR) is 72.0 cm³/mol. The highest BCUT2D eigenvalue weighted by Gasteiger charge is 2.64. The molecule has 4 saturated carbocycles. The Morgan fingerprint density at radius 1 is 1.13 bits per heavy atom. The van der Waals surface area contributed by atoms with Crippen LogP contribution in [0.1, 0.15) is 38.5 Å². The molecule has 4 rings (SSSR count). The summed E-state index contributed by atoms with van der Waals surface area (Å²) in [6.45, 7) is 4.72. The zero-order chi connectivity index (χ0) is 10.9. The molecule has 4 aliphatic rings. The van der Waals surface area contributed by atoms with Gasteiger partial charge in [-0.3, -0.25) is 0 Å². The minimum absolute atomic E-state index is 0.480. The molecule has 0 aromatic rings. The van der Waals surface area contributed by atoms with E-state index in [9.17, 15) is 0 Å². The summed E-state index contributed by atoms with van der Waals surface area (Å²) in [4.78, 5) is 0. The van der Waals surface area contributed by atoms with Gasteiger partial charge in [-0.05, 0) is 43.9 Å². The van der Waals surface area contributed by atoms with Gasteiger partial charge in [0.15, 0.2) is 0 Å². The van der Waals surface area contributed by atoms with Crippen LogP contribution in [0.5, 0.6) is 0 Å². The third-order valence-corrected chi connectivity index (χ3v) is 9.08. The van der Waals surface area contributed by atoms with Crippen molar-refractivity contribution in [3.63, 3.8) is 0 Å². The third-order valence-electron chi connectivity index (χ3n) is 5.18. The van der Waals surface area contributed by atoms with Gasteiger partial charge in [-0.1, -0.05) is 15.9 Å². The second-order valence-electron chi connectivity index (χ2n) is 6.88. The summed E-state index contributed by atoms with van der Waals surface area (Å²) in [5, 5.41) is 0.542. The van der Waals surface area contributed by atoms with Crippen LogP contribution in [0, 0.1) is 11.8 Å². The molecule has 0 amide bonds. The number of hydrogen-bond donors (Lipinski definition) is 1. The van der Waals surface area contributed by atoms with Crippen LogP contribution in [-0.2, 0) is 0 Å². The van der Waals surface area contributed by atoms with Gasteiger partial charge in [-0.2, -0.15) is 0 Å². The lowest BCUT2D eigenvalue weighted by atomic mass is 9.56. The molecular weight excluding hydrogens is 269 g/mol. The van der Waals surface area contributed by atoms with Gasteiger partial charge in [0.1, 0.15) is 0 Å². The highest BCUT2D eigenvalue weighted by atomic mass is 79.9. The summed E-state index contributed by atoms with van der Waals surface area (Å²) >= 11 is 4.05. The molecule has 4 bridgehead atoms. The summed E-state index contributed by atoms with van der Waals surface area (Å²) in [6.07, 6.45) is 8.58. The maximum absolute atomic E-state index is 6.58. The average molecular weight is 291 g/mol. The topological polar surface area (TPSA) is 26.0 Å². The molecule has 0 heterocycles. The minimum Gasteiger partial charge on any atom is -0.205 e. The van der Waals surface area contributed by atoms with Crippen LogP contribution in [0.15, 0.2) is 0 Å². The lowest BCUT2D eigenvalue weighted by molar-refractivity contribution is 0.0566. The predicted octanol–water partition coefficient (Wildman–Crippen LogP) is 3.62. The monoisotopic (exact) mass is 290 g/mol. The molecule has 0 radical (unpaired) electrons. The van der Waals surface area contributed by atoms with Gasteiger partial charge in [0.25, 0.3) is 0 Å². The Hall–Kier alpha value is 0.870. The number of hydrogen-bond acceptors (Lipinski definition) is 1. The molecule has 1 nitrogen and oxygen atoms in total. The molecule has 4 aliphatic carbocycles. The van der Waals surface area contributed by atoms with Crippen LogP contribution in [0.3, 0.4) is 0 Å². The zero-order valence-electron chi connectivity index (χ0n) is 9.80. The molecule has 2 atom stereocenters. The first-order chi connectivity index (χ1) is 6.82. The number of rotatable bonds is 1. The molecule has 86 valence electrons. The van der Waals surface area contributed by atoms with Crippen molar-refractivity contribution in [2.75, 3.05) is 13.3 Å². The van der Waals surface area contributed by atoms with Gasteiger partial charge >= 0.3 is 0 Å². The second kappa shape index (κ2) is 3.00. The molecule has 3 heteroatoms. The van der Waals surface area contributed by atoms with Crippen molar-refractivity contribution < 1.29 is 0 Å². The lowest BCUT2D eigenvalue weighted by Crippen LogP contribution is -2.57. The molecule has 0 aromatic carbocycles. The van der Waals surface area contributed by atoms with E-state index in [0.29, 0.717) is 9.48 Å². The first-order valence-corrected chi connectivity index (χ1v) is 9.68. The van der Waals surface area contributed by atoms with Crippen molar-refractivity contribution in [2.24, 2.45) is 17.3 Å². The van der Waals surface area contributed by atoms with Gasteiger partial charge in [-0.25, -0.2) is 5.50 Å². The fourth-order valence-electron chi connectivity index (χ4n) is 4.78. The van der Waals surface area contributed by atoms with Crippen LogP contribution in [0.25, 0.3) is 0 Å². The van der Waals surface area contributed by atoms with Gasteiger partial charge in [0, 0.05) is 10.7 Å². The van der Waals surface area contributed by atoms with Gasteiger partial charge in [0.05, 0.1) is 25.9 Å². The summed E-state index contributed by atoms with van der Waals surface area (Å²) in [5.41, 5.74) is 6.58. The number of nitrogens with two attached hydrogens (primary N) is 1. The molecule has 15 heavy (non-hydrogen) atoms. The van der Waals surface area contributed by atoms with E-state index in [1.165, 1.54) is 38.5 Å². The van der Waals surface area contributed by atoms with Crippen molar-refractivity contribution in [3.05, 3.63) is 0 Å². The summed E-state index contributed by atoms with van der Waals surface area (Å²) < 4.78 is 0.480. The fourth-order valence-corrected chi connectivity index (χ4v) is 8.61. The normalized spacial score (nSPS) is 53.6. The molecule has 0 unspecified atom stereocenters. The molecule has 0 spiro atoms. The van der Waals surface area contributed by atoms with E-state index >= 15 is 0 Å². The molecule has 2 N–H and O–H groups in total. The first kappa shape index (κ1) is 11.0. The Morgan fingerprint density at radius 2 is 1.67 bits per heavy atom. The first-order valence-electron chi connectivity index (χ1n) is 6.14. The molecule has 0 aromatic heterocycles. The Balaban J connectivity index is 2.00. The van der Waals surface area contributed by atoms with E-state index in [2.05, 4.69) is 29.3 Å². The molecular formula is C12H22BrNP+. The Bertz CT molecular complexity index is 282. The average Bonchev–Trinajstić information content (AvgIpc) is 1.95. The SMILES string of the molecule is C[P+](C)(N)C12C[C@H]3C[C@@H](CC(Br)(C3)C1)C2. The molecule has 0 saturated heterocycles. The van der Waals surface area contributed by atoms with Crippen LogP contribution >= 0.6 is 23.3 Å². The van der Waals surface area contributed by atoms with Crippen LogP contribution < -0.4 is 5.50 Å². The zero-order valence-corrected chi connectivity index (χ0v) is 12.3. The van der Waals surface area contributed by atoms with E-state index < -0.39 is 7.41 Å². The number of alkyl halides is 1. The molecule has 0 aliphatic heterocycles. The Labute approximate surface area is 102 Å². The van der Waals surface area contributed by atoms with E-state index in [-0.39, 0.29) is 0 Å². The van der Waals surface area contributed by atoms with Crippen molar-refractivity contribution in [2.45, 2.75) is 48.0 Å². The van der Waals surface area contributed by atoms with Crippen molar-refractivity contribution in [1.29, 1.82) is 0 Å². The fraction of sp³-hybridized carbons (Fsp3) is 1.00. The van der Waals surface area contributed by atoms with Crippen LogP contribution in [0.2, 0.25) is 0 Å². The number of halogens is 1. The Morgan fingerprint density at radius 3 is 2.07 bits per heavy atom. The third kappa shape index (κ3) is 1.55. The highest BCUT2D eigenvalue weighted by Crippen LogP contribution is 2.74. The molecule has 4 fully saturated rings. The van der Waals surface area contributed by atoms with E-state index in [0.717, 1.165) is 11.8 Å². The van der Waals surface area contributed by atoms with E-state index in [4.69, 9.17) is 5.50 Å². The van der Waals surface area contributed by atoms with E-state index in [1.54, 1.807) is 0 Å². The largest absolute Gasteiger partial charge is 0.205 e. The summed E-state index contributed by atoms with van der Waals surface area (Å²) in [6, 6.07) is 0. The standard InChI is InChI=1S/C12H22BrNP/c1-15(2,14)12-6-9-3-10(7-12)5-11(13,4-9)8-12/h9-10H,3-8,14H2,1-2H3/q+1/t9-,10-,11?,12?/m0/s1. The summed E-state index contributed by atoms with van der Waals surface area (Å²) in [7, 11) is -1.19. The summed E-state index contributed by atoms with van der Waals surface area (Å²) in [5.74, 6) is 1.96. The van der Waals surface area contributed by atoms with Gasteiger partial charge < -0.3 is 0 Å². The van der Waals surface area contributed by atoms with Crippen LogP contribution in [-0.4, -0.2) is 22.8 Å². The quantitative estimate of drug-likeness (QED) is 0.579.